The number of thioether (sulfide) groups is 1. The van der Waals surface area contributed by atoms with Crippen molar-refractivity contribution in [3.8, 4) is 11.4 Å². The number of carbonyl (C=O) groups excluding carboxylic acids is 1. The third-order valence-electron chi connectivity index (χ3n) is 3.17. The number of halogens is 1. The van der Waals surface area contributed by atoms with Gasteiger partial charge >= 0.3 is 6.03 Å². The van der Waals surface area contributed by atoms with Crippen molar-refractivity contribution in [2.24, 2.45) is 0 Å². The minimum atomic E-state index is -0.235. The van der Waals surface area contributed by atoms with Gasteiger partial charge in [-0.05, 0) is 60.0 Å². The topological polar surface area (TPSA) is 99.2 Å². The molecule has 0 radical (unpaired) electrons. The molecule has 2 rings (SSSR count). The Hall–Kier alpha value is -1.59. The molecule has 134 valence electrons. The van der Waals surface area contributed by atoms with Crippen molar-refractivity contribution in [3.63, 3.8) is 0 Å². The van der Waals surface area contributed by atoms with Gasteiger partial charge in [-0.25, -0.2) is 14.8 Å². The highest BCUT2D eigenvalue weighted by Gasteiger charge is 2.13. The van der Waals surface area contributed by atoms with E-state index < -0.39 is 0 Å². The number of aliphatic hydroxyl groups excluding tert-OH is 1. The van der Waals surface area contributed by atoms with E-state index in [9.17, 15) is 4.79 Å². The average molecular weight is 473 g/mol. The number of urea groups is 1. The lowest BCUT2D eigenvalue weighted by molar-refractivity contribution is 0.252. The van der Waals surface area contributed by atoms with Crippen LogP contribution in [0.2, 0.25) is 0 Å². The number of aliphatic hydroxyl groups is 1. The minimum absolute atomic E-state index is 0.0317. The number of hydrogen-bond acceptors (Lipinski definition) is 6. The summed E-state index contributed by atoms with van der Waals surface area (Å²) in [6.45, 7) is 2.89. The second-order valence-corrected chi connectivity index (χ2v) is 6.77. The summed E-state index contributed by atoms with van der Waals surface area (Å²) < 4.78 is 0.847. The maximum Gasteiger partial charge on any atom is 0.319 e. The molecule has 0 aliphatic rings. The normalized spacial score (nSPS) is 10.4. The maximum absolute atomic E-state index is 11.5. The third-order valence-corrected chi connectivity index (χ3v) is 5.11. The van der Waals surface area contributed by atoms with Crippen LogP contribution in [-0.2, 0) is 0 Å². The molecule has 1 aromatic carbocycles. The fourth-order valence-corrected chi connectivity index (χ4v) is 3.74. The Labute approximate surface area is 164 Å². The van der Waals surface area contributed by atoms with Gasteiger partial charge in [0.1, 0.15) is 9.52 Å². The number of nitrogens with one attached hydrogen (secondary N) is 3. The Balaban J connectivity index is 2.25. The second-order valence-electron chi connectivity index (χ2n) is 4.93. The monoisotopic (exact) mass is 473 g/mol. The van der Waals surface area contributed by atoms with E-state index >= 15 is 0 Å². The molecule has 1 heterocycles. The number of hydrogen-bond donors (Lipinski definition) is 4. The Kier molecular flexibility index (Phi) is 7.72. The zero-order chi connectivity index (χ0) is 18.2. The molecular weight excluding hydrogens is 453 g/mol. The Morgan fingerprint density at radius 2 is 2.00 bits per heavy atom. The first-order chi connectivity index (χ1) is 12.1. The summed E-state index contributed by atoms with van der Waals surface area (Å²) in [5.74, 6) is 1.30. The molecule has 1 aromatic heterocycles. The van der Waals surface area contributed by atoms with E-state index in [1.54, 1.807) is 11.8 Å². The molecule has 0 atom stereocenters. The lowest BCUT2D eigenvalue weighted by atomic mass is 10.2. The van der Waals surface area contributed by atoms with Crippen LogP contribution >= 0.6 is 34.4 Å². The smallest absolute Gasteiger partial charge is 0.319 e. The number of benzene rings is 1. The van der Waals surface area contributed by atoms with Crippen molar-refractivity contribution in [1.82, 2.24) is 15.3 Å². The quantitative estimate of drug-likeness (QED) is 0.281. The number of aromatic nitrogens is 2. The molecular formula is C16H20IN5O2S. The highest BCUT2D eigenvalue weighted by molar-refractivity contribution is 14.1. The van der Waals surface area contributed by atoms with E-state index in [0.29, 0.717) is 30.4 Å². The largest absolute Gasteiger partial charge is 0.395 e. The van der Waals surface area contributed by atoms with Gasteiger partial charge in [-0.3, -0.25) is 0 Å². The Morgan fingerprint density at radius 1 is 1.28 bits per heavy atom. The van der Waals surface area contributed by atoms with Gasteiger partial charge in [-0.15, -0.1) is 11.8 Å². The SMILES string of the molecule is CCNC(=O)Nc1ccc(-c2nc(I)c(SC)c(NCCO)n2)cc1. The summed E-state index contributed by atoms with van der Waals surface area (Å²) in [4.78, 5) is 21.6. The van der Waals surface area contributed by atoms with Crippen molar-refractivity contribution in [3.05, 3.63) is 28.0 Å². The van der Waals surface area contributed by atoms with Crippen LogP contribution in [0.4, 0.5) is 16.3 Å². The number of anilines is 2. The van der Waals surface area contributed by atoms with Crippen LogP contribution in [0.3, 0.4) is 0 Å². The highest BCUT2D eigenvalue weighted by atomic mass is 127. The van der Waals surface area contributed by atoms with Crippen LogP contribution < -0.4 is 16.0 Å². The van der Waals surface area contributed by atoms with E-state index in [4.69, 9.17) is 5.11 Å². The zero-order valence-electron chi connectivity index (χ0n) is 14.0. The molecule has 2 amide bonds. The van der Waals surface area contributed by atoms with Crippen LogP contribution in [0.5, 0.6) is 0 Å². The highest BCUT2D eigenvalue weighted by Crippen LogP contribution is 2.30. The third kappa shape index (κ3) is 5.44. The number of nitrogens with zero attached hydrogens (tertiary/aromatic N) is 2. The molecule has 0 saturated carbocycles. The number of carbonyl (C=O) groups is 1. The maximum atomic E-state index is 11.5. The predicted molar refractivity (Wildman–Crippen MR) is 110 cm³/mol. The number of rotatable bonds is 7. The summed E-state index contributed by atoms with van der Waals surface area (Å²) >= 11 is 3.74. The van der Waals surface area contributed by atoms with E-state index in [0.717, 1.165) is 14.2 Å². The minimum Gasteiger partial charge on any atom is -0.395 e. The molecule has 0 unspecified atom stereocenters. The van der Waals surface area contributed by atoms with Crippen LogP contribution in [0.25, 0.3) is 11.4 Å². The first-order valence-electron chi connectivity index (χ1n) is 7.70. The van der Waals surface area contributed by atoms with Gasteiger partial charge in [0.25, 0.3) is 0 Å². The molecule has 2 aromatic rings. The van der Waals surface area contributed by atoms with Crippen LogP contribution in [0, 0.1) is 3.70 Å². The summed E-state index contributed by atoms with van der Waals surface area (Å²) in [6.07, 6.45) is 1.96. The van der Waals surface area contributed by atoms with E-state index in [-0.39, 0.29) is 12.6 Å². The Morgan fingerprint density at radius 3 is 2.60 bits per heavy atom. The molecule has 0 aliphatic carbocycles. The fraction of sp³-hybridized carbons (Fsp3) is 0.312. The van der Waals surface area contributed by atoms with Crippen molar-refractivity contribution in [2.45, 2.75) is 11.8 Å². The van der Waals surface area contributed by atoms with E-state index in [2.05, 4.69) is 48.5 Å². The summed E-state index contributed by atoms with van der Waals surface area (Å²) in [7, 11) is 0. The molecule has 9 heteroatoms. The summed E-state index contributed by atoms with van der Waals surface area (Å²) in [5, 5.41) is 17.6. The van der Waals surface area contributed by atoms with Crippen molar-refractivity contribution in [2.75, 3.05) is 36.6 Å². The number of amides is 2. The molecule has 0 aliphatic heterocycles. The molecule has 0 saturated heterocycles. The van der Waals surface area contributed by atoms with Crippen molar-refractivity contribution >= 4 is 51.9 Å². The summed E-state index contributed by atoms with van der Waals surface area (Å²) in [5.41, 5.74) is 1.54. The average Bonchev–Trinajstić information content (AvgIpc) is 2.60. The van der Waals surface area contributed by atoms with Gasteiger partial charge in [0.2, 0.25) is 0 Å². The van der Waals surface area contributed by atoms with E-state index in [1.165, 1.54) is 0 Å². The van der Waals surface area contributed by atoms with Crippen LogP contribution in [-0.4, -0.2) is 47.1 Å². The lowest BCUT2D eigenvalue weighted by Gasteiger charge is -2.12. The predicted octanol–water partition coefficient (Wildman–Crippen LogP) is 3.02. The molecule has 0 fully saturated rings. The Bertz CT molecular complexity index is 727. The van der Waals surface area contributed by atoms with Gasteiger partial charge < -0.3 is 21.1 Å². The first kappa shape index (κ1) is 19.7. The van der Waals surface area contributed by atoms with Gasteiger partial charge in [-0.1, -0.05) is 0 Å². The molecule has 0 bridgehead atoms. The summed E-state index contributed by atoms with van der Waals surface area (Å²) in [6, 6.07) is 7.11. The molecule has 0 spiro atoms. The van der Waals surface area contributed by atoms with E-state index in [1.807, 2.05) is 37.4 Å². The first-order valence-corrected chi connectivity index (χ1v) is 10.0. The van der Waals surface area contributed by atoms with Gasteiger partial charge in [0, 0.05) is 24.3 Å². The van der Waals surface area contributed by atoms with Crippen molar-refractivity contribution in [1.29, 1.82) is 0 Å². The van der Waals surface area contributed by atoms with Gasteiger partial charge in [-0.2, -0.15) is 0 Å². The second kappa shape index (κ2) is 9.78. The molecule has 4 N–H and O–H groups in total. The molecule has 25 heavy (non-hydrogen) atoms. The zero-order valence-corrected chi connectivity index (χ0v) is 16.9. The lowest BCUT2D eigenvalue weighted by Crippen LogP contribution is -2.28. The standard InChI is InChI=1S/C16H20IN5O2S/c1-3-18-16(24)20-11-6-4-10(5-7-11)14-21-13(17)12(25-2)15(22-14)19-8-9-23/h4-7,23H,3,8-9H2,1-2H3,(H2,18,20,24)(H,19,21,22). The molecule has 7 nitrogen and oxygen atoms in total. The van der Waals surface area contributed by atoms with Crippen molar-refractivity contribution < 1.29 is 9.90 Å². The van der Waals surface area contributed by atoms with Crippen LogP contribution in [0.15, 0.2) is 29.2 Å². The van der Waals surface area contributed by atoms with Gasteiger partial charge in [0.05, 0.1) is 11.5 Å². The fourth-order valence-electron chi connectivity index (χ4n) is 2.07. The van der Waals surface area contributed by atoms with Gasteiger partial charge in [0.15, 0.2) is 5.82 Å². The van der Waals surface area contributed by atoms with Crippen LogP contribution in [0.1, 0.15) is 6.92 Å².